The van der Waals surface area contributed by atoms with Crippen LogP contribution in [0.5, 0.6) is 0 Å². The molecule has 1 unspecified atom stereocenters. The van der Waals surface area contributed by atoms with Gasteiger partial charge < -0.3 is 9.47 Å². The molecular weight excluding hydrogens is 258 g/mol. The number of hydrogen-bond donors (Lipinski definition) is 0. The normalized spacial score (nSPS) is 13.8. The number of methoxy groups -OCH3 is 2. The quantitative estimate of drug-likeness (QED) is 0.589. The summed E-state index contributed by atoms with van der Waals surface area (Å²) in [6, 6.07) is 9.41. The Balaban J connectivity index is 2.85. The number of ether oxygens (including phenoxy) is 2. The van der Waals surface area contributed by atoms with Gasteiger partial charge in [-0.05, 0) is 18.9 Å². The van der Waals surface area contributed by atoms with E-state index in [9.17, 15) is 9.59 Å². The van der Waals surface area contributed by atoms with Crippen molar-refractivity contribution >= 4 is 18.2 Å². The van der Waals surface area contributed by atoms with Crippen LogP contribution in [0.15, 0.2) is 35.3 Å². The molecule has 1 aromatic rings. The van der Waals surface area contributed by atoms with Gasteiger partial charge in [-0.3, -0.25) is 9.79 Å². The smallest absolute Gasteiger partial charge is 0.333 e. The number of carbonyl (C=O) groups excluding carboxylic acids is 2. The van der Waals surface area contributed by atoms with Crippen molar-refractivity contribution in [1.29, 1.82) is 0 Å². The number of nitrogens with zero attached hydrogens (tertiary/aromatic N) is 1. The number of aliphatic imine (C=N–C) groups is 1. The second kappa shape index (κ2) is 7.43. The molecular formula is C15H19NO4. The van der Waals surface area contributed by atoms with E-state index in [1.165, 1.54) is 14.2 Å². The SMILES string of the molecule is COC(=O)CCC(C)(N=Cc1ccccc1)C(=O)OC. The fraction of sp³-hybridized carbons (Fsp3) is 0.400. The van der Waals surface area contributed by atoms with Gasteiger partial charge in [0, 0.05) is 12.6 Å². The lowest BCUT2D eigenvalue weighted by Crippen LogP contribution is -2.35. The summed E-state index contributed by atoms with van der Waals surface area (Å²) in [5, 5.41) is 0. The molecule has 0 saturated heterocycles. The lowest BCUT2D eigenvalue weighted by Gasteiger charge is -2.21. The molecule has 0 aliphatic rings. The second-order valence-corrected chi connectivity index (χ2v) is 4.51. The Labute approximate surface area is 118 Å². The van der Waals surface area contributed by atoms with Crippen molar-refractivity contribution in [2.24, 2.45) is 4.99 Å². The van der Waals surface area contributed by atoms with Crippen LogP contribution in [0.3, 0.4) is 0 Å². The lowest BCUT2D eigenvalue weighted by atomic mass is 9.96. The largest absolute Gasteiger partial charge is 0.469 e. The zero-order valence-electron chi connectivity index (χ0n) is 12.0. The molecule has 0 radical (unpaired) electrons. The van der Waals surface area contributed by atoms with Crippen LogP contribution in [0.1, 0.15) is 25.3 Å². The highest BCUT2D eigenvalue weighted by Crippen LogP contribution is 2.20. The van der Waals surface area contributed by atoms with Gasteiger partial charge in [0.1, 0.15) is 0 Å². The minimum Gasteiger partial charge on any atom is -0.469 e. The van der Waals surface area contributed by atoms with Crippen molar-refractivity contribution in [3.8, 4) is 0 Å². The molecule has 0 aliphatic heterocycles. The Bertz CT molecular complexity index is 484. The van der Waals surface area contributed by atoms with Crippen LogP contribution in [0.4, 0.5) is 0 Å². The van der Waals surface area contributed by atoms with Crippen molar-refractivity contribution < 1.29 is 19.1 Å². The van der Waals surface area contributed by atoms with E-state index in [2.05, 4.69) is 9.73 Å². The summed E-state index contributed by atoms with van der Waals surface area (Å²) >= 11 is 0. The van der Waals surface area contributed by atoms with E-state index < -0.39 is 11.5 Å². The van der Waals surface area contributed by atoms with Gasteiger partial charge in [-0.15, -0.1) is 0 Å². The van der Waals surface area contributed by atoms with Crippen LogP contribution < -0.4 is 0 Å². The Hall–Kier alpha value is -2.17. The average molecular weight is 277 g/mol. The molecule has 1 atom stereocenters. The van der Waals surface area contributed by atoms with E-state index in [1.807, 2.05) is 30.3 Å². The molecule has 0 heterocycles. The first-order valence-electron chi connectivity index (χ1n) is 6.27. The Morgan fingerprint density at radius 3 is 2.40 bits per heavy atom. The standard InChI is InChI=1S/C15H19NO4/c1-15(14(18)20-3,10-9-13(17)19-2)16-11-12-7-5-4-6-8-12/h4-8,11H,9-10H2,1-3H3. The average Bonchev–Trinajstić information content (AvgIpc) is 2.50. The second-order valence-electron chi connectivity index (χ2n) is 4.51. The molecule has 0 bridgehead atoms. The van der Waals surface area contributed by atoms with Crippen LogP contribution in [0.2, 0.25) is 0 Å². The predicted molar refractivity (Wildman–Crippen MR) is 75.7 cm³/mol. The molecule has 0 spiro atoms. The van der Waals surface area contributed by atoms with Gasteiger partial charge in [0.25, 0.3) is 0 Å². The molecule has 0 N–H and O–H groups in total. The van der Waals surface area contributed by atoms with E-state index in [1.54, 1.807) is 13.1 Å². The van der Waals surface area contributed by atoms with E-state index in [0.29, 0.717) is 0 Å². The molecule has 5 nitrogen and oxygen atoms in total. The highest BCUT2D eigenvalue weighted by molar-refractivity contribution is 5.87. The topological polar surface area (TPSA) is 65.0 Å². The third kappa shape index (κ3) is 4.50. The molecule has 0 amide bonds. The first-order chi connectivity index (χ1) is 9.51. The fourth-order valence-corrected chi connectivity index (χ4v) is 1.64. The van der Waals surface area contributed by atoms with Crippen molar-refractivity contribution in [2.45, 2.75) is 25.3 Å². The van der Waals surface area contributed by atoms with E-state index >= 15 is 0 Å². The van der Waals surface area contributed by atoms with E-state index in [4.69, 9.17) is 4.74 Å². The predicted octanol–water partition coefficient (Wildman–Crippen LogP) is 1.99. The van der Waals surface area contributed by atoms with Gasteiger partial charge in [0.15, 0.2) is 5.54 Å². The van der Waals surface area contributed by atoms with Crippen molar-refractivity contribution in [2.75, 3.05) is 14.2 Å². The fourth-order valence-electron chi connectivity index (χ4n) is 1.64. The summed E-state index contributed by atoms with van der Waals surface area (Å²) in [7, 11) is 2.61. The first kappa shape index (κ1) is 15.9. The zero-order chi connectivity index (χ0) is 15.0. The van der Waals surface area contributed by atoms with E-state index in [0.717, 1.165) is 5.56 Å². The van der Waals surface area contributed by atoms with Crippen molar-refractivity contribution in [3.05, 3.63) is 35.9 Å². The number of benzene rings is 1. The van der Waals surface area contributed by atoms with Crippen molar-refractivity contribution in [1.82, 2.24) is 0 Å². The Kier molecular flexibility index (Phi) is 5.90. The number of esters is 2. The summed E-state index contributed by atoms with van der Waals surface area (Å²) < 4.78 is 9.34. The highest BCUT2D eigenvalue weighted by atomic mass is 16.5. The summed E-state index contributed by atoms with van der Waals surface area (Å²) in [6.45, 7) is 1.64. The maximum absolute atomic E-state index is 11.9. The molecule has 0 aromatic heterocycles. The van der Waals surface area contributed by atoms with Crippen LogP contribution in [0, 0.1) is 0 Å². The summed E-state index contributed by atoms with van der Waals surface area (Å²) in [6.07, 6.45) is 1.94. The Morgan fingerprint density at radius 1 is 1.20 bits per heavy atom. The van der Waals surface area contributed by atoms with Gasteiger partial charge in [0.2, 0.25) is 0 Å². The molecule has 0 saturated carbocycles. The summed E-state index contributed by atoms with van der Waals surface area (Å²) in [4.78, 5) is 27.4. The van der Waals surface area contributed by atoms with Gasteiger partial charge in [-0.2, -0.15) is 0 Å². The highest BCUT2D eigenvalue weighted by Gasteiger charge is 2.34. The molecule has 20 heavy (non-hydrogen) atoms. The van der Waals surface area contributed by atoms with E-state index in [-0.39, 0.29) is 18.8 Å². The molecule has 108 valence electrons. The van der Waals surface area contributed by atoms with Crippen LogP contribution in [-0.2, 0) is 19.1 Å². The lowest BCUT2D eigenvalue weighted by molar-refractivity contribution is -0.147. The van der Waals surface area contributed by atoms with Gasteiger partial charge in [-0.25, -0.2) is 4.79 Å². The van der Waals surface area contributed by atoms with Gasteiger partial charge in [0.05, 0.1) is 14.2 Å². The molecule has 1 rings (SSSR count). The summed E-state index contributed by atoms with van der Waals surface area (Å²) in [5.74, 6) is -0.858. The third-order valence-corrected chi connectivity index (χ3v) is 2.97. The first-order valence-corrected chi connectivity index (χ1v) is 6.27. The minimum absolute atomic E-state index is 0.105. The molecule has 1 aromatic carbocycles. The van der Waals surface area contributed by atoms with Gasteiger partial charge >= 0.3 is 11.9 Å². The molecule has 5 heteroatoms. The monoisotopic (exact) mass is 277 g/mol. The van der Waals surface area contributed by atoms with Gasteiger partial charge in [-0.1, -0.05) is 30.3 Å². The van der Waals surface area contributed by atoms with Crippen LogP contribution >= 0.6 is 0 Å². The van der Waals surface area contributed by atoms with Crippen LogP contribution in [0.25, 0.3) is 0 Å². The molecule has 0 aliphatic carbocycles. The summed E-state index contributed by atoms with van der Waals surface area (Å²) in [5.41, 5.74) is -0.223. The number of carbonyl (C=O) groups is 2. The third-order valence-electron chi connectivity index (χ3n) is 2.97. The van der Waals surface area contributed by atoms with Crippen molar-refractivity contribution in [3.63, 3.8) is 0 Å². The maximum Gasteiger partial charge on any atom is 0.333 e. The minimum atomic E-state index is -1.10. The molecule has 0 fully saturated rings. The van der Waals surface area contributed by atoms with Crippen LogP contribution in [-0.4, -0.2) is 37.9 Å². The zero-order valence-corrected chi connectivity index (χ0v) is 12.0. The number of rotatable bonds is 6. The maximum atomic E-state index is 11.9. The Morgan fingerprint density at radius 2 is 1.85 bits per heavy atom. The number of hydrogen-bond acceptors (Lipinski definition) is 5.